The molecule has 0 bridgehead atoms. The van der Waals surface area contributed by atoms with Gasteiger partial charge in [-0.25, -0.2) is 0 Å². The van der Waals surface area contributed by atoms with Gasteiger partial charge in [-0.2, -0.15) is 0 Å². The third kappa shape index (κ3) is 5.01. The molecule has 3 aliphatic carbocycles. The molecule has 1 heteroatoms. The van der Waals surface area contributed by atoms with Crippen LogP contribution in [0.2, 0.25) is 0 Å². The average molecular weight is 840 g/mol. The molecule has 64 heavy (non-hydrogen) atoms. The van der Waals surface area contributed by atoms with E-state index >= 15 is 0 Å². The molecule has 10 aromatic carbocycles. The maximum absolute atomic E-state index is 10.5. The second-order valence-corrected chi connectivity index (χ2v) is 16.5. The highest BCUT2D eigenvalue weighted by atomic mass is 15.1. The van der Waals surface area contributed by atoms with Crippen LogP contribution in [0, 0.1) is 6.92 Å². The molecule has 0 fully saturated rings. The number of nitrogens with zero attached hydrogens (tertiary/aromatic N) is 1. The van der Waals surface area contributed by atoms with Crippen LogP contribution >= 0.6 is 0 Å². The Bertz CT molecular complexity index is 4890. The lowest BCUT2D eigenvalue weighted by Gasteiger charge is -2.30. The van der Waals surface area contributed by atoms with Crippen molar-refractivity contribution in [1.82, 2.24) is 0 Å². The van der Waals surface area contributed by atoms with E-state index in [-0.39, 0.29) is 11.3 Å². The number of benzene rings is 10. The van der Waals surface area contributed by atoms with Crippen molar-refractivity contribution in [3.8, 4) is 55.6 Å². The SMILES string of the molecule is [2H]c1c([2H])c([2H])c2c(c1[2H])-c1c([2H])c([2H])c([2H])c([2H])c1C21c2c([2H])c([2H])c(C)c([2H])c2-c2c(-c3c(-c4c([2H])c([2H])c([2H])c(N(c5ccccc5)c5ccc6c(c5)C(C)(C)c5ccccc5-6)c4[2H])c([2H])c([2H])c4c([2H])c([2H])c([2H])c([2H])c34)c([2H])c([2H])c([2H])c21. The van der Waals surface area contributed by atoms with Crippen LogP contribution in [0.4, 0.5) is 17.1 Å². The number of hydrogen-bond donors (Lipinski definition) is 0. The molecule has 3 aliphatic rings. The van der Waals surface area contributed by atoms with E-state index in [0.29, 0.717) is 11.4 Å². The van der Waals surface area contributed by atoms with Crippen LogP contribution in [0.15, 0.2) is 218 Å². The lowest BCUT2D eigenvalue weighted by molar-refractivity contribution is 0.660. The predicted octanol–water partition coefficient (Wildman–Crippen LogP) is 16.6. The Kier molecular flexibility index (Phi) is 4.30. The maximum atomic E-state index is 10.5. The van der Waals surface area contributed by atoms with E-state index in [0.717, 1.165) is 22.3 Å². The smallest absolute Gasteiger partial charge is 0.0725 e. The number of rotatable bonds is 5. The third-order valence-corrected chi connectivity index (χ3v) is 12.9. The topological polar surface area (TPSA) is 3.24 Å². The first-order valence-electron chi connectivity index (χ1n) is 32.6. The summed E-state index contributed by atoms with van der Waals surface area (Å²) in [5.74, 6) is 0. The van der Waals surface area contributed by atoms with E-state index in [1.807, 2.05) is 36.4 Å². The Morgan fingerprint density at radius 1 is 0.406 bits per heavy atom. The van der Waals surface area contributed by atoms with Gasteiger partial charge >= 0.3 is 0 Å². The molecule has 0 aliphatic heterocycles. The van der Waals surface area contributed by atoms with E-state index < -0.39 is 233 Å². The number of hydrogen-bond acceptors (Lipinski definition) is 1. The molecular weight excluding hydrogens is 771 g/mol. The molecule has 0 aromatic heterocycles. The first kappa shape index (κ1) is 20.2. The zero-order chi connectivity index (χ0) is 63.6. The summed E-state index contributed by atoms with van der Waals surface area (Å²) in [5.41, 5.74) is -6.64. The molecular formula is C63H45N. The van der Waals surface area contributed by atoms with Crippen molar-refractivity contribution in [3.63, 3.8) is 0 Å². The standard InChI is InChI=1S/C63H45N/c1-40-31-36-57-53(37-40)61-52(26-16-30-58(61)63(57)55-28-13-10-24-49(55)50-25-11-14-29-56(50)63)60-46-22-8-7-17-41(46)32-34-47(60)42-18-15-21-44(38-42)64(43-19-5-4-6-20-43)45-33-35-51-48-23-9-12-27-54(48)62(2,3)59(51)39-45/h4-39H,1-3H3/i7D,8D,10D,11D,13D,14D,15D,16D,17D,18D,21D,22D,24D,25D,26D,28D,29D,30D,31D,32D,34D,36D,37D,38D. The summed E-state index contributed by atoms with van der Waals surface area (Å²) in [6, 6.07) is 1.32. The van der Waals surface area contributed by atoms with Gasteiger partial charge in [-0.05, 0) is 143 Å². The van der Waals surface area contributed by atoms with Crippen molar-refractivity contribution in [1.29, 1.82) is 0 Å². The van der Waals surface area contributed by atoms with Crippen molar-refractivity contribution in [2.24, 2.45) is 0 Å². The molecule has 0 atom stereocenters. The highest BCUT2D eigenvalue weighted by molar-refractivity contribution is 6.10. The van der Waals surface area contributed by atoms with Gasteiger partial charge in [-0.1, -0.05) is 201 Å². The minimum atomic E-state index is -2.79. The molecule has 13 rings (SSSR count). The Labute approximate surface area is 409 Å². The van der Waals surface area contributed by atoms with Crippen molar-refractivity contribution in [2.45, 2.75) is 31.6 Å². The van der Waals surface area contributed by atoms with Gasteiger partial charge in [0.05, 0.1) is 38.3 Å². The van der Waals surface area contributed by atoms with E-state index in [9.17, 15) is 26.0 Å². The van der Waals surface area contributed by atoms with E-state index in [1.54, 1.807) is 36.4 Å². The normalized spacial score (nSPS) is 19.4. The highest BCUT2D eigenvalue weighted by Gasteiger charge is 2.52. The molecule has 1 spiro atoms. The third-order valence-electron chi connectivity index (χ3n) is 12.9. The number of anilines is 3. The van der Waals surface area contributed by atoms with Crippen molar-refractivity contribution in [3.05, 3.63) is 257 Å². The van der Waals surface area contributed by atoms with Crippen LogP contribution in [-0.4, -0.2) is 0 Å². The molecule has 10 aromatic rings. The fourth-order valence-electron chi connectivity index (χ4n) is 10.1. The summed E-state index contributed by atoms with van der Waals surface area (Å²) in [4.78, 5) is 1.52. The van der Waals surface area contributed by atoms with E-state index in [2.05, 4.69) is 13.8 Å². The van der Waals surface area contributed by atoms with Gasteiger partial charge in [-0.3, -0.25) is 0 Å². The van der Waals surface area contributed by atoms with Gasteiger partial charge in [-0.15, -0.1) is 0 Å². The second-order valence-electron chi connectivity index (χ2n) is 16.5. The monoisotopic (exact) mass is 840 g/mol. The van der Waals surface area contributed by atoms with Gasteiger partial charge < -0.3 is 4.90 Å². The van der Waals surface area contributed by atoms with Gasteiger partial charge in [0.2, 0.25) is 0 Å². The molecule has 1 nitrogen and oxygen atoms in total. The van der Waals surface area contributed by atoms with Crippen molar-refractivity contribution >= 4 is 27.8 Å². The summed E-state index contributed by atoms with van der Waals surface area (Å²) in [7, 11) is 0. The predicted molar refractivity (Wildman–Crippen MR) is 268 cm³/mol. The highest BCUT2D eigenvalue weighted by Crippen LogP contribution is 2.64. The molecule has 0 unspecified atom stereocenters. The van der Waals surface area contributed by atoms with Crippen LogP contribution in [0.1, 0.15) is 85.7 Å². The quantitative estimate of drug-likeness (QED) is 0.167. The first-order chi connectivity index (χ1) is 41.4. The molecule has 0 N–H and O–H groups in total. The molecule has 302 valence electrons. The van der Waals surface area contributed by atoms with Crippen LogP contribution in [-0.2, 0) is 10.8 Å². The fraction of sp³-hybridized carbons (Fsp3) is 0.0794. The fourth-order valence-corrected chi connectivity index (χ4v) is 10.1. The first-order valence-corrected chi connectivity index (χ1v) is 20.6. The zero-order valence-electron chi connectivity index (χ0n) is 58.4. The minimum absolute atomic E-state index is 0.222. The Morgan fingerprint density at radius 2 is 1.08 bits per heavy atom. The summed E-state index contributed by atoms with van der Waals surface area (Å²) in [5, 5.41) is -1.32. The van der Waals surface area contributed by atoms with Gasteiger partial charge in [0.25, 0.3) is 0 Å². The van der Waals surface area contributed by atoms with Crippen molar-refractivity contribution < 1.29 is 32.9 Å². The Morgan fingerprint density at radius 3 is 1.91 bits per heavy atom. The Hall–Kier alpha value is -7.74. The minimum Gasteiger partial charge on any atom is -0.310 e. The van der Waals surface area contributed by atoms with E-state index in [1.165, 1.54) is 11.8 Å². The molecule has 0 saturated carbocycles. The number of para-hydroxylation sites is 1. The molecule has 0 amide bonds. The van der Waals surface area contributed by atoms with Crippen LogP contribution in [0.3, 0.4) is 0 Å². The van der Waals surface area contributed by atoms with E-state index in [4.69, 9.17) is 6.85 Å². The molecule has 0 heterocycles. The summed E-state index contributed by atoms with van der Waals surface area (Å²) >= 11 is 0. The van der Waals surface area contributed by atoms with Crippen molar-refractivity contribution in [2.75, 3.05) is 4.90 Å². The largest absolute Gasteiger partial charge is 0.310 e. The van der Waals surface area contributed by atoms with Gasteiger partial charge in [0, 0.05) is 22.5 Å². The lowest BCUT2D eigenvalue weighted by Crippen LogP contribution is -2.25. The molecule has 0 saturated heterocycles. The van der Waals surface area contributed by atoms with Gasteiger partial charge in [0.15, 0.2) is 0 Å². The molecule has 0 radical (unpaired) electrons. The van der Waals surface area contributed by atoms with Crippen LogP contribution in [0.5, 0.6) is 0 Å². The van der Waals surface area contributed by atoms with Gasteiger partial charge in [0.1, 0.15) is 0 Å². The summed E-state index contributed by atoms with van der Waals surface area (Å²) in [6.45, 7) is 5.40. The number of fused-ring (bicyclic) bond motifs is 14. The maximum Gasteiger partial charge on any atom is 0.0725 e. The summed E-state index contributed by atoms with van der Waals surface area (Å²) in [6.07, 6.45) is 0. The van der Waals surface area contributed by atoms with Crippen LogP contribution < -0.4 is 4.90 Å². The summed E-state index contributed by atoms with van der Waals surface area (Å²) < 4.78 is 231. The Balaban J connectivity index is 1.27. The second kappa shape index (κ2) is 13.6. The lowest BCUT2D eigenvalue weighted by atomic mass is 9.70. The zero-order valence-corrected chi connectivity index (χ0v) is 34.4. The average Bonchev–Trinajstić information content (AvgIpc) is 1.46. The van der Waals surface area contributed by atoms with Crippen LogP contribution in [0.25, 0.3) is 66.4 Å².